The summed E-state index contributed by atoms with van der Waals surface area (Å²) >= 11 is 0. The number of aromatic nitrogens is 3. The number of carboxylic acid groups (broad SMARTS) is 1. The number of carboxylic acids is 1. The number of aryl methyl sites for hydroxylation is 2. The van der Waals surface area contributed by atoms with E-state index in [4.69, 9.17) is 14.5 Å². The minimum atomic E-state index is -1.38. The molecule has 0 radical (unpaired) electrons. The third-order valence-electron chi connectivity index (χ3n) is 9.25. The number of amides is 1. The molecule has 1 fully saturated rings. The lowest BCUT2D eigenvalue weighted by molar-refractivity contribution is -0.160. The van der Waals surface area contributed by atoms with E-state index >= 15 is 4.39 Å². The molecule has 9 nitrogen and oxygen atoms in total. The predicted octanol–water partition coefficient (Wildman–Crippen LogP) is 6.68. The van der Waals surface area contributed by atoms with Gasteiger partial charge >= 0.3 is 5.97 Å². The zero-order valence-electron chi connectivity index (χ0n) is 27.3. The highest BCUT2D eigenvalue weighted by Crippen LogP contribution is 2.45. The van der Waals surface area contributed by atoms with Gasteiger partial charge in [0.2, 0.25) is 0 Å². The number of benzene rings is 1. The maximum Gasteiger partial charge on any atom is 0.337 e. The van der Waals surface area contributed by atoms with Gasteiger partial charge in [-0.15, -0.1) is 0 Å². The van der Waals surface area contributed by atoms with Crippen molar-refractivity contribution in [3.8, 4) is 16.9 Å². The Hall–Kier alpha value is -4.31. The normalized spacial score (nSPS) is 16.3. The van der Waals surface area contributed by atoms with Crippen molar-refractivity contribution in [1.82, 2.24) is 19.4 Å². The summed E-state index contributed by atoms with van der Waals surface area (Å²) in [6.45, 7) is 10.7. The Bertz CT molecular complexity index is 1820. The van der Waals surface area contributed by atoms with Crippen LogP contribution in [0.25, 0.3) is 22.2 Å². The number of pyridine rings is 2. The molecule has 2 aliphatic heterocycles. The standard InChI is InChI=1S/C36H41FN4O5/c1-20-24-8-7-17-45-31(24)27(37)18-25(20)30-26-19-28(34(42)41-15-11-23(12-16-41)22-9-13-38-14-10-22)40(6)33(26)39-21(2)29(30)32(35(43)44)46-36(3,4)5/h9-10,13-14,18-19,23,32H,7-8,11-12,15-17H2,1-6H3,(H,43,44)/t32-/m0/s1. The van der Waals surface area contributed by atoms with Gasteiger partial charge in [-0.1, -0.05) is 0 Å². The highest BCUT2D eigenvalue weighted by molar-refractivity contribution is 6.04. The zero-order valence-corrected chi connectivity index (χ0v) is 27.3. The van der Waals surface area contributed by atoms with Gasteiger partial charge in [0.25, 0.3) is 5.91 Å². The maximum absolute atomic E-state index is 15.7. The van der Waals surface area contributed by atoms with E-state index in [2.05, 4.69) is 4.98 Å². The number of likely N-dealkylation sites (tertiary alicyclic amines) is 1. The van der Waals surface area contributed by atoms with Crippen LogP contribution in [0, 0.1) is 19.7 Å². The molecular weight excluding hydrogens is 587 g/mol. The topological polar surface area (TPSA) is 107 Å². The molecule has 242 valence electrons. The van der Waals surface area contributed by atoms with Crippen molar-refractivity contribution in [3.05, 3.63) is 76.1 Å². The molecule has 1 atom stereocenters. The molecule has 0 spiro atoms. The number of aliphatic carboxylic acids is 1. The van der Waals surface area contributed by atoms with Crippen molar-refractivity contribution < 1.29 is 28.6 Å². The van der Waals surface area contributed by atoms with Crippen molar-refractivity contribution in [1.29, 1.82) is 0 Å². The molecule has 6 rings (SSSR count). The number of ether oxygens (including phenoxy) is 2. The first-order chi connectivity index (χ1) is 21.9. The number of hydrogen-bond acceptors (Lipinski definition) is 6. The summed E-state index contributed by atoms with van der Waals surface area (Å²) in [7, 11) is 1.80. The summed E-state index contributed by atoms with van der Waals surface area (Å²) < 4.78 is 29.3. The molecule has 0 saturated carbocycles. The molecule has 1 amide bonds. The fourth-order valence-corrected chi connectivity index (χ4v) is 6.99. The second-order valence-electron chi connectivity index (χ2n) is 13.4. The van der Waals surface area contributed by atoms with Crippen LogP contribution in [-0.2, 0) is 23.0 Å². The van der Waals surface area contributed by atoms with E-state index in [0.717, 1.165) is 30.4 Å². The number of carbonyl (C=O) groups excluding carboxylic acids is 1. The molecule has 5 heterocycles. The van der Waals surface area contributed by atoms with Gasteiger partial charge in [-0.25, -0.2) is 14.2 Å². The van der Waals surface area contributed by atoms with Crippen LogP contribution in [0.5, 0.6) is 5.75 Å². The van der Waals surface area contributed by atoms with Crippen LogP contribution in [0.2, 0.25) is 0 Å². The van der Waals surface area contributed by atoms with Crippen molar-refractivity contribution in [3.63, 3.8) is 0 Å². The minimum Gasteiger partial charge on any atom is -0.490 e. The Morgan fingerprint density at radius 1 is 1.13 bits per heavy atom. The quantitative estimate of drug-likeness (QED) is 0.254. The van der Waals surface area contributed by atoms with Gasteiger partial charge in [0, 0.05) is 60.3 Å². The van der Waals surface area contributed by atoms with Crippen molar-refractivity contribution >= 4 is 22.9 Å². The van der Waals surface area contributed by atoms with E-state index in [0.29, 0.717) is 71.1 Å². The Morgan fingerprint density at radius 2 is 1.83 bits per heavy atom. The second kappa shape index (κ2) is 12.1. The summed E-state index contributed by atoms with van der Waals surface area (Å²) in [5.74, 6) is -1.20. The summed E-state index contributed by atoms with van der Waals surface area (Å²) in [4.78, 5) is 37.7. The minimum absolute atomic E-state index is 0.124. The zero-order chi connectivity index (χ0) is 32.9. The van der Waals surface area contributed by atoms with Crippen molar-refractivity contribution in [2.75, 3.05) is 19.7 Å². The molecule has 0 bridgehead atoms. The average molecular weight is 629 g/mol. The lowest BCUT2D eigenvalue weighted by atomic mass is 9.86. The van der Waals surface area contributed by atoms with Crippen LogP contribution in [0.15, 0.2) is 36.7 Å². The van der Waals surface area contributed by atoms with Gasteiger partial charge in [0.15, 0.2) is 17.7 Å². The molecular formula is C36H41FN4O5. The SMILES string of the molecule is Cc1nc2c(cc(C(=O)N3CCC(c4ccncc4)CC3)n2C)c(-c2cc(F)c3c(c2C)CCCO3)c1[C@H](OC(C)(C)C)C(=O)O. The Labute approximate surface area is 268 Å². The monoisotopic (exact) mass is 628 g/mol. The maximum atomic E-state index is 15.7. The molecule has 0 aliphatic carbocycles. The average Bonchev–Trinajstić information content (AvgIpc) is 3.36. The van der Waals surface area contributed by atoms with E-state index < -0.39 is 23.5 Å². The molecule has 10 heteroatoms. The summed E-state index contributed by atoms with van der Waals surface area (Å²) in [6.07, 6.45) is 5.29. The van der Waals surface area contributed by atoms with Gasteiger partial charge in [0.05, 0.1) is 12.2 Å². The van der Waals surface area contributed by atoms with Gasteiger partial charge in [-0.3, -0.25) is 9.78 Å². The number of fused-ring (bicyclic) bond motifs is 2. The van der Waals surface area contributed by atoms with Gasteiger partial charge < -0.3 is 24.0 Å². The fourth-order valence-electron chi connectivity index (χ4n) is 6.99. The number of hydrogen-bond donors (Lipinski definition) is 1. The van der Waals surface area contributed by atoms with E-state index in [9.17, 15) is 14.7 Å². The molecule has 1 N–H and O–H groups in total. The number of piperidine rings is 1. The van der Waals surface area contributed by atoms with E-state index in [1.807, 2.05) is 24.0 Å². The van der Waals surface area contributed by atoms with Crippen LogP contribution >= 0.6 is 0 Å². The molecule has 3 aromatic heterocycles. The summed E-state index contributed by atoms with van der Waals surface area (Å²) in [6, 6.07) is 7.27. The summed E-state index contributed by atoms with van der Waals surface area (Å²) in [5, 5.41) is 11.0. The first kappa shape index (κ1) is 31.7. The molecule has 0 unspecified atom stereocenters. The Morgan fingerprint density at radius 3 is 2.48 bits per heavy atom. The molecule has 4 aromatic rings. The molecule has 1 aromatic carbocycles. The van der Waals surface area contributed by atoms with Crippen molar-refractivity contribution in [2.24, 2.45) is 7.05 Å². The first-order valence-electron chi connectivity index (χ1n) is 15.9. The van der Waals surface area contributed by atoms with Crippen LogP contribution in [-0.4, -0.2) is 61.7 Å². The smallest absolute Gasteiger partial charge is 0.337 e. The largest absolute Gasteiger partial charge is 0.490 e. The highest BCUT2D eigenvalue weighted by Gasteiger charge is 2.35. The lowest BCUT2D eigenvalue weighted by Gasteiger charge is -2.32. The highest BCUT2D eigenvalue weighted by atomic mass is 19.1. The van der Waals surface area contributed by atoms with Crippen LogP contribution < -0.4 is 4.74 Å². The van der Waals surface area contributed by atoms with Crippen LogP contribution in [0.1, 0.15) is 90.5 Å². The van der Waals surface area contributed by atoms with Gasteiger partial charge in [0.1, 0.15) is 11.3 Å². The second-order valence-corrected chi connectivity index (χ2v) is 13.4. The number of rotatable bonds is 6. The van der Waals surface area contributed by atoms with Gasteiger partial charge in [-0.05, 0) is 107 Å². The Kier molecular flexibility index (Phi) is 8.35. The Balaban J connectivity index is 1.51. The molecule has 1 saturated heterocycles. The van der Waals surface area contributed by atoms with E-state index in [1.54, 1.807) is 57.8 Å². The van der Waals surface area contributed by atoms with Crippen LogP contribution in [0.4, 0.5) is 4.39 Å². The van der Waals surface area contributed by atoms with E-state index in [1.165, 1.54) is 11.6 Å². The number of carbonyl (C=O) groups is 2. The van der Waals surface area contributed by atoms with Gasteiger partial charge in [-0.2, -0.15) is 0 Å². The van der Waals surface area contributed by atoms with E-state index in [-0.39, 0.29) is 11.7 Å². The van der Waals surface area contributed by atoms with Crippen LogP contribution in [0.3, 0.4) is 0 Å². The third-order valence-corrected chi connectivity index (χ3v) is 9.25. The third kappa shape index (κ3) is 5.75. The molecule has 2 aliphatic rings. The fraction of sp³-hybridized carbons (Fsp3) is 0.444. The number of nitrogens with zero attached hydrogens (tertiary/aromatic N) is 4. The molecule has 46 heavy (non-hydrogen) atoms. The number of halogens is 1. The van der Waals surface area contributed by atoms with Crippen molar-refractivity contribution in [2.45, 2.75) is 77.9 Å². The lowest BCUT2D eigenvalue weighted by Crippen LogP contribution is -2.38. The first-order valence-corrected chi connectivity index (χ1v) is 15.9. The summed E-state index contributed by atoms with van der Waals surface area (Å²) in [5.41, 5.74) is 4.78. The predicted molar refractivity (Wildman–Crippen MR) is 173 cm³/mol.